The molecule has 0 radical (unpaired) electrons. The van der Waals surface area contributed by atoms with Gasteiger partial charge in [0.2, 0.25) is 5.95 Å². The zero-order valence-electron chi connectivity index (χ0n) is 21.0. The van der Waals surface area contributed by atoms with E-state index in [9.17, 15) is 5.26 Å². The highest BCUT2D eigenvalue weighted by atomic mass is 28.4. The van der Waals surface area contributed by atoms with Crippen LogP contribution in [-0.4, -0.2) is 41.2 Å². The van der Waals surface area contributed by atoms with Crippen LogP contribution in [0.4, 0.5) is 17.5 Å². The van der Waals surface area contributed by atoms with Crippen molar-refractivity contribution >= 4 is 25.8 Å². The minimum atomic E-state index is -1.91. The lowest BCUT2D eigenvalue weighted by Crippen LogP contribution is -2.45. The minimum Gasteiger partial charge on any atom is -0.416 e. The van der Waals surface area contributed by atoms with Gasteiger partial charge in [-0.2, -0.15) is 10.4 Å². The van der Waals surface area contributed by atoms with Gasteiger partial charge in [-0.3, -0.25) is 4.68 Å². The van der Waals surface area contributed by atoms with Crippen molar-refractivity contribution in [2.24, 2.45) is 7.05 Å². The van der Waals surface area contributed by atoms with Crippen LogP contribution in [0.3, 0.4) is 0 Å². The summed E-state index contributed by atoms with van der Waals surface area (Å²) in [6.45, 7) is 14.8. The molecule has 178 valence electrons. The van der Waals surface area contributed by atoms with Crippen LogP contribution in [0, 0.1) is 11.3 Å². The second kappa shape index (κ2) is 8.53. The number of hydrogen-bond acceptors (Lipinski definition) is 7. The largest absolute Gasteiger partial charge is 0.416 e. The highest BCUT2D eigenvalue weighted by Crippen LogP contribution is 2.43. The van der Waals surface area contributed by atoms with E-state index in [0.29, 0.717) is 23.9 Å². The van der Waals surface area contributed by atoms with Gasteiger partial charge in [0.15, 0.2) is 14.1 Å². The van der Waals surface area contributed by atoms with Gasteiger partial charge in [0, 0.05) is 49.6 Å². The lowest BCUT2D eigenvalue weighted by molar-refractivity contribution is 0.220. The maximum Gasteiger partial charge on any atom is 0.228 e. The molecule has 3 aromatic rings. The Kier molecular flexibility index (Phi) is 6.00. The molecule has 0 bridgehead atoms. The Hall–Kier alpha value is -3.22. The molecular formula is C25H33N7OSi. The maximum absolute atomic E-state index is 9.89. The van der Waals surface area contributed by atoms with Gasteiger partial charge >= 0.3 is 0 Å². The zero-order chi connectivity index (χ0) is 24.7. The number of nitrogens with one attached hydrogen (secondary N) is 2. The molecule has 0 spiro atoms. The highest BCUT2D eigenvalue weighted by molar-refractivity contribution is 6.74. The van der Waals surface area contributed by atoms with Crippen LogP contribution >= 0.6 is 0 Å². The van der Waals surface area contributed by atoms with Crippen LogP contribution in [0.5, 0.6) is 0 Å². The molecular weight excluding hydrogens is 442 g/mol. The van der Waals surface area contributed by atoms with Crippen LogP contribution in [0.1, 0.15) is 38.8 Å². The molecule has 1 aromatic carbocycles. The third-order valence-corrected chi connectivity index (χ3v) is 11.5. The van der Waals surface area contributed by atoms with Crippen LogP contribution in [0.15, 0.2) is 36.7 Å². The normalized spacial score (nSPS) is 17.7. The monoisotopic (exact) mass is 475 g/mol. The quantitative estimate of drug-likeness (QED) is 0.473. The number of rotatable bonds is 6. The number of nitrogens with zero attached hydrogens (tertiary/aromatic N) is 5. The van der Waals surface area contributed by atoms with Crippen molar-refractivity contribution in [2.75, 3.05) is 23.8 Å². The molecule has 8 nitrogen and oxygen atoms in total. The predicted octanol–water partition coefficient (Wildman–Crippen LogP) is 5.20. The Labute approximate surface area is 202 Å². The summed E-state index contributed by atoms with van der Waals surface area (Å²) in [4.78, 5) is 9.02. The molecule has 1 aliphatic rings. The summed E-state index contributed by atoms with van der Waals surface area (Å²) in [5.74, 6) is 1.13. The number of anilines is 3. The number of aromatic nitrogens is 4. The molecule has 9 heteroatoms. The Balaban J connectivity index is 1.67. The van der Waals surface area contributed by atoms with E-state index in [1.165, 1.54) is 0 Å². The number of fused-ring (bicyclic) bond motifs is 1. The summed E-state index contributed by atoms with van der Waals surface area (Å²) in [7, 11) is -0.0549. The number of hydrogen-bond donors (Lipinski definition) is 2. The Morgan fingerprint density at radius 3 is 2.71 bits per heavy atom. The molecule has 1 atom stereocenters. The standard InChI is InChI=1S/C25H33N7OSi/c1-24(2,3)34(6,7)33-16-25(4)15-28-22-18(14-26)12-17(13-19(22)25)20-8-10-27-23(29-20)30-21-9-11-32(5)31-21/h8-13,28H,15-16H2,1-7H3,(H,27,29,30,31). The molecule has 0 saturated heterocycles. The van der Waals surface area contributed by atoms with E-state index in [0.717, 1.165) is 29.1 Å². The summed E-state index contributed by atoms with van der Waals surface area (Å²) in [5.41, 5.74) is 3.98. The van der Waals surface area contributed by atoms with E-state index < -0.39 is 8.32 Å². The number of nitriles is 1. The van der Waals surface area contributed by atoms with Gasteiger partial charge in [-0.05, 0) is 41.9 Å². The summed E-state index contributed by atoms with van der Waals surface area (Å²) >= 11 is 0. The minimum absolute atomic E-state index is 0.135. The molecule has 0 fully saturated rings. The predicted molar refractivity (Wildman–Crippen MR) is 138 cm³/mol. The summed E-state index contributed by atoms with van der Waals surface area (Å²) in [5, 5.41) is 21.0. The number of aryl methyl sites for hydroxylation is 1. The fraction of sp³-hybridized carbons (Fsp3) is 0.440. The van der Waals surface area contributed by atoms with Crippen molar-refractivity contribution in [1.29, 1.82) is 5.26 Å². The number of benzene rings is 1. The summed E-state index contributed by atoms with van der Waals surface area (Å²) in [6, 6.07) is 10.1. The van der Waals surface area contributed by atoms with Crippen molar-refractivity contribution < 1.29 is 4.43 Å². The fourth-order valence-corrected chi connectivity index (χ4v) is 4.90. The third kappa shape index (κ3) is 4.56. The van der Waals surface area contributed by atoms with E-state index >= 15 is 0 Å². The Bertz CT molecular complexity index is 1250. The van der Waals surface area contributed by atoms with Crippen LogP contribution in [-0.2, 0) is 16.9 Å². The molecule has 3 heterocycles. The zero-order valence-corrected chi connectivity index (χ0v) is 22.0. The SMILES string of the molecule is Cn1ccc(Nc2nccc(-c3cc(C#N)c4c(c3)C(C)(CO[Si](C)(C)C(C)(C)C)CN4)n2)n1. The molecule has 4 rings (SSSR count). The van der Waals surface area contributed by atoms with Crippen molar-refractivity contribution in [3.05, 3.63) is 47.8 Å². The van der Waals surface area contributed by atoms with Crippen LogP contribution in [0.2, 0.25) is 18.1 Å². The molecule has 34 heavy (non-hydrogen) atoms. The Morgan fingerprint density at radius 2 is 2.06 bits per heavy atom. The van der Waals surface area contributed by atoms with Gasteiger partial charge in [-0.25, -0.2) is 9.97 Å². The first-order valence-corrected chi connectivity index (χ1v) is 14.4. The van der Waals surface area contributed by atoms with Crippen molar-refractivity contribution in [1.82, 2.24) is 19.7 Å². The molecule has 1 unspecified atom stereocenters. The first kappa shape index (κ1) is 23.9. The van der Waals surface area contributed by atoms with E-state index in [1.54, 1.807) is 10.9 Å². The first-order chi connectivity index (χ1) is 15.9. The average Bonchev–Trinajstić information content (AvgIpc) is 3.34. The smallest absolute Gasteiger partial charge is 0.228 e. The van der Waals surface area contributed by atoms with Gasteiger partial charge in [-0.1, -0.05) is 27.7 Å². The third-order valence-electron chi connectivity index (χ3n) is 7.03. The highest BCUT2D eigenvalue weighted by Gasteiger charge is 2.42. The van der Waals surface area contributed by atoms with Crippen molar-refractivity contribution in [3.63, 3.8) is 0 Å². The molecule has 2 aromatic heterocycles. The second-order valence-corrected chi connectivity index (χ2v) is 15.6. The lowest BCUT2D eigenvalue weighted by Gasteiger charge is -2.39. The van der Waals surface area contributed by atoms with E-state index in [4.69, 9.17) is 4.43 Å². The van der Waals surface area contributed by atoms with Crippen LogP contribution in [0.25, 0.3) is 11.3 Å². The first-order valence-electron chi connectivity index (χ1n) is 11.5. The van der Waals surface area contributed by atoms with Gasteiger partial charge in [0.05, 0.1) is 16.9 Å². The van der Waals surface area contributed by atoms with E-state index in [-0.39, 0.29) is 10.5 Å². The Morgan fingerprint density at radius 1 is 1.29 bits per heavy atom. The van der Waals surface area contributed by atoms with Crippen molar-refractivity contribution in [2.45, 2.75) is 51.2 Å². The van der Waals surface area contributed by atoms with Gasteiger partial charge in [0.1, 0.15) is 6.07 Å². The van der Waals surface area contributed by atoms with Gasteiger partial charge in [-0.15, -0.1) is 0 Å². The second-order valence-electron chi connectivity index (χ2n) is 10.8. The lowest BCUT2D eigenvalue weighted by atomic mass is 9.83. The van der Waals surface area contributed by atoms with Gasteiger partial charge in [0.25, 0.3) is 0 Å². The van der Waals surface area contributed by atoms with Gasteiger partial charge < -0.3 is 15.1 Å². The molecule has 0 amide bonds. The van der Waals surface area contributed by atoms with Crippen LogP contribution < -0.4 is 10.6 Å². The molecule has 1 aliphatic heterocycles. The fourth-order valence-electron chi connectivity index (χ4n) is 3.78. The van der Waals surface area contributed by atoms with Crippen molar-refractivity contribution in [3.8, 4) is 17.3 Å². The molecule has 0 aliphatic carbocycles. The average molecular weight is 476 g/mol. The van der Waals surface area contributed by atoms with E-state index in [1.807, 2.05) is 31.4 Å². The summed E-state index contributed by atoms with van der Waals surface area (Å²) in [6.07, 6.45) is 3.57. The molecule has 0 saturated carbocycles. The topological polar surface area (TPSA) is 101 Å². The van der Waals surface area contributed by atoms with E-state index in [2.05, 4.69) is 78.6 Å². The maximum atomic E-state index is 9.89. The summed E-state index contributed by atoms with van der Waals surface area (Å²) < 4.78 is 8.33. The molecule has 2 N–H and O–H groups in total.